The van der Waals surface area contributed by atoms with Gasteiger partial charge in [0.15, 0.2) is 11.5 Å². The van der Waals surface area contributed by atoms with Crippen molar-refractivity contribution in [3.63, 3.8) is 0 Å². The van der Waals surface area contributed by atoms with Crippen molar-refractivity contribution in [3.05, 3.63) is 47.5 Å². The fourth-order valence-electron chi connectivity index (χ4n) is 3.15. The van der Waals surface area contributed by atoms with Crippen molar-refractivity contribution in [1.82, 2.24) is 10.9 Å². The van der Waals surface area contributed by atoms with Crippen molar-refractivity contribution in [2.75, 3.05) is 26.6 Å². The summed E-state index contributed by atoms with van der Waals surface area (Å²) in [5.41, 5.74) is 3.76. The van der Waals surface area contributed by atoms with Gasteiger partial charge >= 0.3 is 6.18 Å². The average molecular weight is 497 g/mol. The number of carbonyl (C=O) groups is 3. The summed E-state index contributed by atoms with van der Waals surface area (Å²) in [7, 11) is 4.21. The zero-order valence-corrected chi connectivity index (χ0v) is 19.5. The van der Waals surface area contributed by atoms with E-state index in [2.05, 4.69) is 16.2 Å². The van der Waals surface area contributed by atoms with E-state index in [0.717, 1.165) is 12.1 Å². The third-order valence-corrected chi connectivity index (χ3v) is 4.78. The summed E-state index contributed by atoms with van der Waals surface area (Å²) in [4.78, 5) is 36.8. The Kier molecular flexibility index (Phi) is 9.32. The van der Waals surface area contributed by atoms with Gasteiger partial charge in [-0.05, 0) is 36.2 Å². The van der Waals surface area contributed by atoms with E-state index in [0.29, 0.717) is 5.75 Å². The summed E-state index contributed by atoms with van der Waals surface area (Å²) in [5, 5.41) is 2.39. The molecule has 9 nitrogen and oxygen atoms in total. The quantitative estimate of drug-likeness (QED) is 0.457. The molecule has 2 rings (SSSR count). The summed E-state index contributed by atoms with van der Waals surface area (Å²) in [6.45, 7) is 1.62. The summed E-state index contributed by atoms with van der Waals surface area (Å²) >= 11 is 0. The molecule has 0 aliphatic rings. The molecule has 0 radical (unpaired) electrons. The first-order valence-corrected chi connectivity index (χ1v) is 10.3. The zero-order valence-electron chi connectivity index (χ0n) is 19.5. The Morgan fingerprint density at radius 1 is 0.886 bits per heavy atom. The molecule has 0 aromatic heterocycles. The highest BCUT2D eigenvalue weighted by molar-refractivity contribution is 5.97. The van der Waals surface area contributed by atoms with Gasteiger partial charge in [-0.15, -0.1) is 0 Å². The first-order chi connectivity index (χ1) is 16.5. The highest BCUT2D eigenvalue weighted by Gasteiger charge is 2.30. The van der Waals surface area contributed by atoms with Crippen molar-refractivity contribution in [2.45, 2.75) is 25.9 Å². The van der Waals surface area contributed by atoms with Gasteiger partial charge in [-0.1, -0.05) is 13.0 Å². The lowest BCUT2D eigenvalue weighted by molar-refractivity contribution is -0.137. The summed E-state index contributed by atoms with van der Waals surface area (Å²) in [6, 6.07) is 7.06. The predicted molar refractivity (Wildman–Crippen MR) is 120 cm³/mol. The largest absolute Gasteiger partial charge is 0.493 e. The van der Waals surface area contributed by atoms with E-state index in [9.17, 15) is 27.6 Å². The van der Waals surface area contributed by atoms with E-state index in [-0.39, 0.29) is 35.6 Å². The van der Waals surface area contributed by atoms with Crippen LogP contribution in [-0.2, 0) is 15.8 Å². The third-order valence-electron chi connectivity index (χ3n) is 4.78. The molecule has 2 aromatic carbocycles. The van der Waals surface area contributed by atoms with Gasteiger partial charge < -0.3 is 19.5 Å². The second-order valence-corrected chi connectivity index (χ2v) is 7.56. The maximum atomic E-state index is 12.8. The summed E-state index contributed by atoms with van der Waals surface area (Å²) < 4.78 is 54.0. The first-order valence-electron chi connectivity index (χ1n) is 10.3. The van der Waals surface area contributed by atoms with Crippen molar-refractivity contribution in [3.8, 4) is 17.2 Å². The van der Waals surface area contributed by atoms with Crippen molar-refractivity contribution >= 4 is 23.4 Å². The molecule has 0 fully saturated rings. The number of hydrazine groups is 1. The molecule has 0 spiro atoms. The normalized spacial score (nSPS) is 11.7. The molecular formula is C23H26F3N3O6. The number of hydrogen-bond donors (Lipinski definition) is 3. The van der Waals surface area contributed by atoms with Crippen LogP contribution >= 0.6 is 0 Å². The number of rotatable bonds is 9. The molecule has 35 heavy (non-hydrogen) atoms. The van der Waals surface area contributed by atoms with Crippen molar-refractivity contribution < 1.29 is 41.8 Å². The van der Waals surface area contributed by atoms with Crippen LogP contribution in [0.2, 0.25) is 0 Å². The van der Waals surface area contributed by atoms with Crippen LogP contribution < -0.4 is 30.4 Å². The minimum Gasteiger partial charge on any atom is -0.493 e. The van der Waals surface area contributed by atoms with Gasteiger partial charge in [-0.25, -0.2) is 0 Å². The first kappa shape index (κ1) is 27.3. The number of carbonyl (C=O) groups excluding carboxylic acids is 3. The van der Waals surface area contributed by atoms with Gasteiger partial charge in [-0.2, -0.15) is 13.2 Å². The molecule has 0 heterocycles. The Morgan fingerprint density at radius 2 is 1.49 bits per heavy atom. The number of alkyl halides is 3. The Morgan fingerprint density at radius 3 is 2.03 bits per heavy atom. The molecule has 0 bridgehead atoms. The monoisotopic (exact) mass is 497 g/mol. The lowest BCUT2D eigenvalue weighted by atomic mass is 10.0. The molecular weight excluding hydrogens is 471 g/mol. The number of hydrogen-bond acceptors (Lipinski definition) is 6. The Labute approximate surface area is 199 Å². The van der Waals surface area contributed by atoms with Crippen LogP contribution in [-0.4, -0.2) is 39.1 Å². The third kappa shape index (κ3) is 7.80. The molecule has 2 aromatic rings. The van der Waals surface area contributed by atoms with Gasteiger partial charge in [0.1, 0.15) is 0 Å². The van der Waals surface area contributed by atoms with Crippen LogP contribution in [0, 0.1) is 5.92 Å². The number of methoxy groups -OCH3 is 3. The van der Waals surface area contributed by atoms with Crippen molar-refractivity contribution in [1.29, 1.82) is 0 Å². The van der Waals surface area contributed by atoms with Gasteiger partial charge in [0, 0.05) is 24.1 Å². The van der Waals surface area contributed by atoms with E-state index in [4.69, 9.17) is 14.2 Å². The van der Waals surface area contributed by atoms with Crippen LogP contribution in [0.15, 0.2) is 36.4 Å². The van der Waals surface area contributed by atoms with Crippen LogP contribution in [0.25, 0.3) is 0 Å². The molecule has 0 aliphatic carbocycles. The molecule has 0 aliphatic heterocycles. The minimum absolute atomic E-state index is 0.000845. The molecule has 0 saturated carbocycles. The molecule has 190 valence electrons. The van der Waals surface area contributed by atoms with E-state index >= 15 is 0 Å². The Hall–Kier alpha value is -3.96. The standard InChI is InChI=1S/C23H26F3N3O6/c1-13(8-19(30)27-16-7-5-6-15(12-16)23(24,25)26)9-20(31)28-29-22(32)14-10-17(33-2)21(35-4)18(11-14)34-3/h5-7,10-13H,8-9H2,1-4H3,(H,27,30)(H,28,31)(H,29,32). The maximum Gasteiger partial charge on any atom is 0.416 e. The summed E-state index contributed by atoms with van der Waals surface area (Å²) in [6.07, 6.45) is -4.77. The Bertz CT molecular complexity index is 1050. The smallest absolute Gasteiger partial charge is 0.416 e. The van der Waals surface area contributed by atoms with Crippen LogP contribution in [0.3, 0.4) is 0 Å². The van der Waals surface area contributed by atoms with Gasteiger partial charge in [0.25, 0.3) is 5.91 Å². The van der Waals surface area contributed by atoms with Crippen LogP contribution in [0.4, 0.5) is 18.9 Å². The maximum absolute atomic E-state index is 12.8. The molecule has 3 amide bonds. The number of amides is 3. The van der Waals surface area contributed by atoms with Gasteiger partial charge in [-0.3, -0.25) is 25.2 Å². The van der Waals surface area contributed by atoms with Crippen LogP contribution in [0.5, 0.6) is 17.2 Å². The molecule has 1 atom stereocenters. The van der Waals surface area contributed by atoms with Gasteiger partial charge in [0.2, 0.25) is 17.6 Å². The van der Waals surface area contributed by atoms with E-state index in [1.165, 1.54) is 45.6 Å². The number of ether oxygens (including phenoxy) is 3. The molecule has 3 N–H and O–H groups in total. The summed E-state index contributed by atoms with van der Waals surface area (Å²) in [5.74, 6) is -1.41. The highest BCUT2D eigenvalue weighted by atomic mass is 19.4. The topological polar surface area (TPSA) is 115 Å². The van der Waals surface area contributed by atoms with E-state index < -0.39 is 35.4 Å². The number of halogens is 3. The SMILES string of the molecule is COc1cc(C(=O)NNC(=O)CC(C)CC(=O)Nc2cccc(C(F)(F)F)c2)cc(OC)c1OC. The van der Waals surface area contributed by atoms with Gasteiger partial charge in [0.05, 0.1) is 26.9 Å². The molecule has 1 unspecified atom stereocenters. The predicted octanol–water partition coefficient (Wildman–Crippen LogP) is 3.55. The lowest BCUT2D eigenvalue weighted by Gasteiger charge is -2.15. The van der Waals surface area contributed by atoms with E-state index in [1.54, 1.807) is 6.92 Å². The number of anilines is 1. The fraction of sp³-hybridized carbons (Fsp3) is 0.348. The Balaban J connectivity index is 1.88. The lowest BCUT2D eigenvalue weighted by Crippen LogP contribution is -2.42. The van der Waals surface area contributed by atoms with Crippen molar-refractivity contribution in [2.24, 2.45) is 5.92 Å². The minimum atomic E-state index is -4.53. The number of nitrogens with one attached hydrogen (secondary N) is 3. The highest BCUT2D eigenvalue weighted by Crippen LogP contribution is 2.38. The fourth-order valence-corrected chi connectivity index (χ4v) is 3.15. The molecule has 0 saturated heterocycles. The number of benzene rings is 2. The van der Waals surface area contributed by atoms with Crippen LogP contribution in [0.1, 0.15) is 35.7 Å². The average Bonchev–Trinajstić information content (AvgIpc) is 2.80. The molecule has 12 heteroatoms. The second kappa shape index (κ2) is 12.0. The van der Waals surface area contributed by atoms with E-state index in [1.807, 2.05) is 0 Å². The zero-order chi connectivity index (χ0) is 26.2. The second-order valence-electron chi connectivity index (χ2n) is 7.56.